The Bertz CT molecular complexity index is 925. The lowest BCUT2D eigenvalue weighted by atomic mass is 10.1. The highest BCUT2D eigenvalue weighted by atomic mass is 32.2. The molecule has 2 aromatic rings. The van der Waals surface area contributed by atoms with E-state index in [-0.39, 0.29) is 10.8 Å². The lowest BCUT2D eigenvalue weighted by molar-refractivity contribution is -0.111. The van der Waals surface area contributed by atoms with Crippen LogP contribution in [0.1, 0.15) is 36.8 Å². The van der Waals surface area contributed by atoms with E-state index in [9.17, 15) is 13.2 Å². The third-order valence-electron chi connectivity index (χ3n) is 4.83. The molecule has 0 bridgehead atoms. The molecule has 0 aliphatic carbocycles. The van der Waals surface area contributed by atoms with Crippen LogP contribution in [0.4, 0.5) is 5.69 Å². The van der Waals surface area contributed by atoms with Gasteiger partial charge in [-0.05, 0) is 55.7 Å². The quantitative estimate of drug-likeness (QED) is 0.767. The van der Waals surface area contributed by atoms with Crippen LogP contribution in [0.25, 0.3) is 6.08 Å². The van der Waals surface area contributed by atoms with Crippen molar-refractivity contribution >= 4 is 27.7 Å². The number of aryl methyl sites for hydroxylation is 1. The van der Waals surface area contributed by atoms with Gasteiger partial charge in [-0.1, -0.05) is 42.7 Å². The lowest BCUT2D eigenvalue weighted by Crippen LogP contribution is -2.31. The van der Waals surface area contributed by atoms with Gasteiger partial charge in [-0.25, -0.2) is 8.42 Å². The predicted molar refractivity (Wildman–Crippen MR) is 113 cm³/mol. The van der Waals surface area contributed by atoms with Crippen molar-refractivity contribution in [1.82, 2.24) is 4.31 Å². The zero-order valence-electron chi connectivity index (χ0n) is 16.1. The summed E-state index contributed by atoms with van der Waals surface area (Å²) in [6.45, 7) is 3.16. The summed E-state index contributed by atoms with van der Waals surface area (Å²) in [5.41, 5.74) is 2.67. The van der Waals surface area contributed by atoms with Crippen molar-refractivity contribution in [1.29, 1.82) is 0 Å². The molecule has 1 fully saturated rings. The van der Waals surface area contributed by atoms with Crippen LogP contribution in [0.15, 0.2) is 59.5 Å². The molecular formula is C22H26N2O3S. The molecule has 1 heterocycles. The van der Waals surface area contributed by atoms with Gasteiger partial charge in [-0.3, -0.25) is 4.79 Å². The van der Waals surface area contributed by atoms with Crippen molar-refractivity contribution in [3.05, 3.63) is 65.7 Å². The first kappa shape index (κ1) is 20.3. The molecule has 148 valence electrons. The maximum atomic E-state index is 12.8. The summed E-state index contributed by atoms with van der Waals surface area (Å²) in [5.74, 6) is -0.260. The number of anilines is 1. The van der Waals surface area contributed by atoms with E-state index in [4.69, 9.17) is 0 Å². The second-order valence-corrected chi connectivity index (χ2v) is 9.01. The average Bonchev–Trinajstić information content (AvgIpc) is 2.98. The summed E-state index contributed by atoms with van der Waals surface area (Å²) in [6.07, 6.45) is 7.17. The summed E-state index contributed by atoms with van der Waals surface area (Å²) >= 11 is 0. The van der Waals surface area contributed by atoms with E-state index in [1.165, 1.54) is 6.08 Å². The first-order valence-corrected chi connectivity index (χ1v) is 11.1. The Hall–Kier alpha value is -2.44. The maximum Gasteiger partial charge on any atom is 0.248 e. The Morgan fingerprint density at radius 3 is 2.14 bits per heavy atom. The highest BCUT2D eigenvalue weighted by Gasteiger charge is 2.24. The number of benzene rings is 2. The number of rotatable bonds is 5. The molecule has 28 heavy (non-hydrogen) atoms. The third kappa shape index (κ3) is 5.30. The van der Waals surface area contributed by atoms with E-state index >= 15 is 0 Å². The number of hydrogen-bond donors (Lipinski definition) is 1. The molecule has 1 saturated heterocycles. The van der Waals surface area contributed by atoms with Gasteiger partial charge in [0.1, 0.15) is 0 Å². The zero-order chi connectivity index (χ0) is 20.0. The monoisotopic (exact) mass is 398 g/mol. The largest absolute Gasteiger partial charge is 0.323 e. The minimum Gasteiger partial charge on any atom is -0.323 e. The molecular weight excluding hydrogens is 372 g/mol. The molecule has 0 atom stereocenters. The minimum absolute atomic E-state index is 0.260. The number of nitrogens with one attached hydrogen (secondary N) is 1. The second-order valence-electron chi connectivity index (χ2n) is 7.08. The summed E-state index contributed by atoms with van der Waals surface area (Å²) in [5, 5.41) is 2.76. The number of hydrogen-bond acceptors (Lipinski definition) is 3. The Morgan fingerprint density at radius 2 is 1.54 bits per heavy atom. The summed E-state index contributed by atoms with van der Waals surface area (Å²) in [7, 11) is -3.47. The van der Waals surface area contributed by atoms with Crippen LogP contribution in [0.3, 0.4) is 0 Å². The number of sulfonamides is 1. The first-order chi connectivity index (χ1) is 13.4. The standard InChI is InChI=1S/C22H26N2O3S/c1-18-6-8-19(9-7-18)10-15-22(25)23-20-11-13-21(14-12-20)28(26,27)24-16-4-2-3-5-17-24/h6-15H,2-5,16-17H2,1H3,(H,23,25)/b15-10+. The molecule has 5 nitrogen and oxygen atoms in total. The fourth-order valence-electron chi connectivity index (χ4n) is 3.17. The van der Waals surface area contributed by atoms with Crippen molar-refractivity contribution < 1.29 is 13.2 Å². The Kier molecular flexibility index (Phi) is 6.65. The van der Waals surface area contributed by atoms with Gasteiger partial charge in [0.15, 0.2) is 0 Å². The van der Waals surface area contributed by atoms with Crippen molar-refractivity contribution in [3.63, 3.8) is 0 Å². The van der Waals surface area contributed by atoms with Gasteiger partial charge in [0.25, 0.3) is 0 Å². The highest BCUT2D eigenvalue weighted by molar-refractivity contribution is 7.89. The Balaban J connectivity index is 1.63. The van der Waals surface area contributed by atoms with E-state index in [1.54, 1.807) is 34.6 Å². The second kappa shape index (κ2) is 9.17. The highest BCUT2D eigenvalue weighted by Crippen LogP contribution is 2.21. The van der Waals surface area contributed by atoms with Crippen LogP contribution in [-0.2, 0) is 14.8 Å². The van der Waals surface area contributed by atoms with Crippen LogP contribution in [0.5, 0.6) is 0 Å². The SMILES string of the molecule is Cc1ccc(/C=C/C(=O)Nc2ccc(S(=O)(=O)N3CCCCCC3)cc2)cc1. The molecule has 0 spiro atoms. The Labute approximate surface area is 167 Å². The van der Waals surface area contributed by atoms with Crippen molar-refractivity contribution in [3.8, 4) is 0 Å². The molecule has 0 radical (unpaired) electrons. The molecule has 0 saturated carbocycles. The van der Waals surface area contributed by atoms with Crippen LogP contribution in [0.2, 0.25) is 0 Å². The van der Waals surface area contributed by atoms with Crippen LogP contribution < -0.4 is 5.32 Å². The molecule has 1 amide bonds. The summed E-state index contributed by atoms with van der Waals surface area (Å²) in [4.78, 5) is 12.4. The molecule has 6 heteroatoms. The Morgan fingerprint density at radius 1 is 0.929 bits per heavy atom. The van der Waals surface area contributed by atoms with Gasteiger partial charge in [-0.15, -0.1) is 0 Å². The van der Waals surface area contributed by atoms with Gasteiger partial charge < -0.3 is 5.32 Å². The maximum absolute atomic E-state index is 12.8. The van der Waals surface area contributed by atoms with Crippen molar-refractivity contribution in [2.75, 3.05) is 18.4 Å². The molecule has 3 rings (SSSR count). The van der Waals surface area contributed by atoms with E-state index in [1.807, 2.05) is 31.2 Å². The summed E-state index contributed by atoms with van der Waals surface area (Å²) < 4.78 is 27.1. The minimum atomic E-state index is -3.47. The number of carbonyl (C=O) groups excluding carboxylic acids is 1. The number of amides is 1. The van der Waals surface area contributed by atoms with Gasteiger partial charge in [0.05, 0.1) is 4.90 Å². The van der Waals surface area contributed by atoms with E-state index in [2.05, 4.69) is 5.32 Å². The van der Waals surface area contributed by atoms with Crippen LogP contribution in [0, 0.1) is 6.92 Å². The molecule has 1 aliphatic heterocycles. The summed E-state index contributed by atoms with van der Waals surface area (Å²) in [6, 6.07) is 14.2. The van der Waals surface area contributed by atoms with Gasteiger partial charge in [0, 0.05) is 24.9 Å². The number of nitrogens with zero attached hydrogens (tertiary/aromatic N) is 1. The van der Waals surface area contributed by atoms with Gasteiger partial charge in [0.2, 0.25) is 15.9 Å². The fourth-order valence-corrected chi connectivity index (χ4v) is 4.69. The molecule has 2 aromatic carbocycles. The zero-order valence-corrected chi connectivity index (χ0v) is 16.9. The third-order valence-corrected chi connectivity index (χ3v) is 6.74. The lowest BCUT2D eigenvalue weighted by Gasteiger charge is -2.20. The van der Waals surface area contributed by atoms with Gasteiger partial charge in [-0.2, -0.15) is 4.31 Å². The van der Waals surface area contributed by atoms with Crippen molar-refractivity contribution in [2.24, 2.45) is 0 Å². The van der Waals surface area contributed by atoms with Gasteiger partial charge >= 0.3 is 0 Å². The van der Waals surface area contributed by atoms with Crippen molar-refractivity contribution in [2.45, 2.75) is 37.5 Å². The predicted octanol–water partition coefficient (Wildman–Crippen LogP) is 4.21. The molecule has 1 aliphatic rings. The topological polar surface area (TPSA) is 66.5 Å². The normalized spacial score (nSPS) is 16.0. The van der Waals surface area contributed by atoms with Crippen LogP contribution in [-0.4, -0.2) is 31.7 Å². The van der Waals surface area contributed by atoms with E-state index in [0.29, 0.717) is 18.8 Å². The number of carbonyl (C=O) groups is 1. The first-order valence-electron chi connectivity index (χ1n) is 9.61. The smallest absolute Gasteiger partial charge is 0.248 e. The molecule has 0 unspecified atom stereocenters. The molecule has 0 aromatic heterocycles. The average molecular weight is 399 g/mol. The molecule has 1 N–H and O–H groups in total. The van der Waals surface area contributed by atoms with Crippen LogP contribution >= 0.6 is 0 Å². The van der Waals surface area contributed by atoms with E-state index < -0.39 is 10.0 Å². The van der Waals surface area contributed by atoms with E-state index in [0.717, 1.165) is 36.8 Å². The fraction of sp³-hybridized carbons (Fsp3) is 0.318.